The third-order valence-corrected chi connectivity index (χ3v) is 3.65. The van der Waals surface area contributed by atoms with Crippen LogP contribution >= 0.6 is 23.2 Å². The molecule has 0 amide bonds. The molecule has 6 heteroatoms. The standard InChI is InChI=1S/C14H9Cl2F3O/c1-20-7-5-10(18)12(11(19)6-7)14(16)8-3-2-4-9(17)13(8)15/h2-6,14H,1H3. The first-order chi connectivity index (χ1) is 9.45. The average molecular weight is 321 g/mol. The molecule has 2 aromatic carbocycles. The quantitative estimate of drug-likeness (QED) is 0.715. The Balaban J connectivity index is 2.54. The summed E-state index contributed by atoms with van der Waals surface area (Å²) in [7, 11) is 1.29. The Morgan fingerprint density at radius 1 is 1.05 bits per heavy atom. The molecule has 0 aromatic heterocycles. The van der Waals surface area contributed by atoms with Crippen molar-refractivity contribution in [2.75, 3.05) is 7.11 Å². The first kappa shape index (κ1) is 15.0. The summed E-state index contributed by atoms with van der Waals surface area (Å²) >= 11 is 11.8. The van der Waals surface area contributed by atoms with E-state index in [-0.39, 0.29) is 16.3 Å². The Morgan fingerprint density at radius 2 is 1.65 bits per heavy atom. The normalized spacial score (nSPS) is 12.3. The van der Waals surface area contributed by atoms with Crippen LogP contribution in [-0.2, 0) is 0 Å². The Bertz CT molecular complexity index is 623. The van der Waals surface area contributed by atoms with Crippen molar-refractivity contribution in [1.82, 2.24) is 0 Å². The van der Waals surface area contributed by atoms with Gasteiger partial charge < -0.3 is 4.74 Å². The first-order valence-electron chi connectivity index (χ1n) is 5.56. The predicted molar refractivity (Wildman–Crippen MR) is 72.0 cm³/mol. The summed E-state index contributed by atoms with van der Waals surface area (Å²) in [6.45, 7) is 0. The van der Waals surface area contributed by atoms with Gasteiger partial charge in [0.25, 0.3) is 0 Å². The van der Waals surface area contributed by atoms with E-state index >= 15 is 0 Å². The van der Waals surface area contributed by atoms with Crippen LogP contribution in [0.15, 0.2) is 30.3 Å². The lowest BCUT2D eigenvalue weighted by Crippen LogP contribution is -2.03. The summed E-state index contributed by atoms with van der Waals surface area (Å²) < 4.78 is 46.0. The highest BCUT2D eigenvalue weighted by Crippen LogP contribution is 2.38. The second kappa shape index (κ2) is 5.94. The second-order valence-electron chi connectivity index (χ2n) is 4.01. The maximum absolute atomic E-state index is 13.9. The van der Waals surface area contributed by atoms with Crippen molar-refractivity contribution in [1.29, 1.82) is 0 Å². The van der Waals surface area contributed by atoms with Gasteiger partial charge in [0, 0.05) is 17.7 Å². The molecule has 1 nitrogen and oxygen atoms in total. The van der Waals surface area contributed by atoms with Gasteiger partial charge in [-0.2, -0.15) is 0 Å². The zero-order chi connectivity index (χ0) is 14.9. The van der Waals surface area contributed by atoms with Crippen LogP contribution in [0, 0.1) is 17.5 Å². The predicted octanol–water partition coefficient (Wildman–Crippen LogP) is 5.09. The van der Waals surface area contributed by atoms with Crippen molar-refractivity contribution in [3.63, 3.8) is 0 Å². The summed E-state index contributed by atoms with van der Waals surface area (Å²) in [6, 6.07) is 5.91. The van der Waals surface area contributed by atoms with Gasteiger partial charge in [-0.15, -0.1) is 11.6 Å². The van der Waals surface area contributed by atoms with E-state index in [0.29, 0.717) is 0 Å². The fourth-order valence-electron chi connectivity index (χ4n) is 1.79. The fraction of sp³-hybridized carbons (Fsp3) is 0.143. The van der Waals surface area contributed by atoms with Gasteiger partial charge in [0.05, 0.1) is 17.5 Å². The second-order valence-corrected chi connectivity index (χ2v) is 4.82. The third kappa shape index (κ3) is 2.72. The zero-order valence-corrected chi connectivity index (χ0v) is 11.8. The lowest BCUT2D eigenvalue weighted by Gasteiger charge is -2.15. The fourth-order valence-corrected chi connectivity index (χ4v) is 2.47. The van der Waals surface area contributed by atoms with Crippen LogP contribution in [0.4, 0.5) is 13.2 Å². The molecule has 0 aliphatic heterocycles. The highest BCUT2D eigenvalue weighted by atomic mass is 35.5. The Hall–Kier alpha value is -1.39. The molecule has 0 spiro atoms. The van der Waals surface area contributed by atoms with Crippen molar-refractivity contribution >= 4 is 23.2 Å². The maximum atomic E-state index is 13.9. The van der Waals surface area contributed by atoms with E-state index in [2.05, 4.69) is 0 Å². The van der Waals surface area contributed by atoms with E-state index in [1.165, 1.54) is 19.2 Å². The van der Waals surface area contributed by atoms with Crippen LogP contribution in [-0.4, -0.2) is 7.11 Å². The number of ether oxygens (including phenoxy) is 1. The van der Waals surface area contributed by atoms with Crippen molar-refractivity contribution < 1.29 is 17.9 Å². The smallest absolute Gasteiger partial charge is 0.142 e. The summed E-state index contributed by atoms with van der Waals surface area (Å²) in [4.78, 5) is 0. The van der Waals surface area contributed by atoms with E-state index in [9.17, 15) is 13.2 Å². The Kier molecular flexibility index (Phi) is 4.45. The molecule has 106 valence electrons. The lowest BCUT2D eigenvalue weighted by molar-refractivity contribution is 0.405. The largest absolute Gasteiger partial charge is 0.497 e. The van der Waals surface area contributed by atoms with Crippen molar-refractivity contribution in [2.45, 2.75) is 5.38 Å². The lowest BCUT2D eigenvalue weighted by atomic mass is 10.0. The van der Waals surface area contributed by atoms with Gasteiger partial charge in [0.1, 0.15) is 23.2 Å². The van der Waals surface area contributed by atoms with Crippen molar-refractivity contribution in [3.8, 4) is 5.75 Å². The van der Waals surface area contributed by atoms with Gasteiger partial charge in [0.2, 0.25) is 0 Å². The minimum Gasteiger partial charge on any atom is -0.497 e. The molecule has 0 N–H and O–H groups in total. The molecule has 0 saturated heterocycles. The molecule has 0 bridgehead atoms. The molecule has 2 rings (SSSR count). The summed E-state index contributed by atoms with van der Waals surface area (Å²) in [5.41, 5.74) is -0.309. The van der Waals surface area contributed by atoms with Crippen LogP contribution < -0.4 is 4.74 Å². The minimum atomic E-state index is -1.25. The summed E-state index contributed by atoms with van der Waals surface area (Å²) in [5.74, 6) is -2.45. The zero-order valence-electron chi connectivity index (χ0n) is 10.3. The number of halogens is 5. The van der Waals surface area contributed by atoms with Crippen molar-refractivity contribution in [3.05, 3.63) is 63.9 Å². The van der Waals surface area contributed by atoms with Crippen LogP contribution in [0.25, 0.3) is 0 Å². The average Bonchev–Trinajstić information content (AvgIpc) is 2.40. The molecule has 0 saturated carbocycles. The molecule has 0 aliphatic rings. The minimum absolute atomic E-state index is 0.0259. The summed E-state index contributed by atoms with van der Waals surface area (Å²) in [6.07, 6.45) is 0. The number of hydrogen-bond donors (Lipinski definition) is 0. The number of rotatable bonds is 3. The molecule has 0 radical (unpaired) electrons. The SMILES string of the molecule is COc1cc(F)c(C(Cl)c2cccc(F)c2Cl)c(F)c1. The van der Waals surface area contributed by atoms with Gasteiger partial charge in [-0.1, -0.05) is 23.7 Å². The molecule has 0 fully saturated rings. The molecular weight excluding hydrogens is 312 g/mol. The van der Waals surface area contributed by atoms with Gasteiger partial charge in [-0.3, -0.25) is 0 Å². The molecule has 0 heterocycles. The number of methoxy groups -OCH3 is 1. The maximum Gasteiger partial charge on any atom is 0.142 e. The van der Waals surface area contributed by atoms with E-state index in [0.717, 1.165) is 18.2 Å². The highest BCUT2D eigenvalue weighted by Gasteiger charge is 2.24. The van der Waals surface area contributed by atoms with Gasteiger partial charge >= 0.3 is 0 Å². The van der Waals surface area contributed by atoms with Crippen molar-refractivity contribution in [2.24, 2.45) is 0 Å². The molecular formula is C14H9Cl2F3O. The molecule has 0 aliphatic carbocycles. The van der Waals surface area contributed by atoms with Crippen LogP contribution in [0.1, 0.15) is 16.5 Å². The molecule has 1 atom stereocenters. The number of alkyl halides is 1. The van der Waals surface area contributed by atoms with Crippen LogP contribution in [0.2, 0.25) is 5.02 Å². The van der Waals surface area contributed by atoms with E-state index in [1.54, 1.807) is 0 Å². The third-order valence-electron chi connectivity index (χ3n) is 2.80. The number of benzene rings is 2. The highest BCUT2D eigenvalue weighted by molar-refractivity contribution is 6.33. The summed E-state index contributed by atoms with van der Waals surface area (Å²) in [5, 5.41) is -1.51. The molecule has 20 heavy (non-hydrogen) atoms. The topological polar surface area (TPSA) is 9.23 Å². The van der Waals surface area contributed by atoms with E-state index in [1.807, 2.05) is 0 Å². The Labute approximate surface area is 123 Å². The van der Waals surface area contributed by atoms with E-state index < -0.39 is 28.4 Å². The van der Waals surface area contributed by atoms with Gasteiger partial charge in [-0.05, 0) is 11.6 Å². The van der Waals surface area contributed by atoms with Crippen LogP contribution in [0.3, 0.4) is 0 Å². The Morgan fingerprint density at radius 3 is 2.20 bits per heavy atom. The molecule has 1 unspecified atom stereocenters. The van der Waals surface area contributed by atoms with E-state index in [4.69, 9.17) is 27.9 Å². The first-order valence-corrected chi connectivity index (χ1v) is 6.38. The monoisotopic (exact) mass is 320 g/mol. The number of hydrogen-bond acceptors (Lipinski definition) is 1. The van der Waals surface area contributed by atoms with Crippen LogP contribution in [0.5, 0.6) is 5.75 Å². The van der Waals surface area contributed by atoms with Gasteiger partial charge in [0.15, 0.2) is 0 Å². The molecule has 2 aromatic rings. The van der Waals surface area contributed by atoms with Gasteiger partial charge in [-0.25, -0.2) is 13.2 Å².